The first kappa shape index (κ1) is 23.2. The Kier molecular flexibility index (Phi) is 6.90. The van der Waals surface area contributed by atoms with Gasteiger partial charge in [-0.2, -0.15) is 0 Å². The number of aliphatic carboxylic acids is 1. The van der Waals surface area contributed by atoms with Gasteiger partial charge in [0.1, 0.15) is 23.1 Å². The summed E-state index contributed by atoms with van der Waals surface area (Å²) in [5.41, 5.74) is 0.0526. The lowest BCUT2D eigenvalue weighted by atomic mass is 9.99. The highest BCUT2D eigenvalue weighted by atomic mass is 19.1. The maximum Gasteiger partial charge on any atom is 0.356 e. The van der Waals surface area contributed by atoms with Gasteiger partial charge in [-0.15, -0.1) is 0 Å². The Balaban J connectivity index is 2.01. The van der Waals surface area contributed by atoms with Gasteiger partial charge in [0.15, 0.2) is 11.5 Å². The van der Waals surface area contributed by atoms with Crippen LogP contribution in [0.1, 0.15) is 12.5 Å². The van der Waals surface area contributed by atoms with E-state index in [0.29, 0.717) is 11.8 Å². The molecule has 2 aliphatic heterocycles. The summed E-state index contributed by atoms with van der Waals surface area (Å²) in [7, 11) is 1.16. The Labute approximate surface area is 187 Å². The minimum absolute atomic E-state index is 0.0172. The number of amides is 1. The van der Waals surface area contributed by atoms with E-state index in [1.54, 1.807) is 31.1 Å². The van der Waals surface area contributed by atoms with Gasteiger partial charge in [-0.3, -0.25) is 4.79 Å². The number of halogens is 2. The Morgan fingerprint density at radius 1 is 1.30 bits per heavy atom. The monoisotopic (exact) mass is 455 g/mol. The molecular formula is C23H19F2N3O5. The Morgan fingerprint density at radius 3 is 2.70 bits per heavy atom. The third-order valence-electron chi connectivity index (χ3n) is 4.76. The van der Waals surface area contributed by atoms with Crippen LogP contribution in [0.25, 0.3) is 0 Å². The molecule has 0 fully saturated rings. The number of carbonyl (C=O) groups is 2. The number of methoxy groups -OCH3 is 1. The van der Waals surface area contributed by atoms with Gasteiger partial charge in [0.2, 0.25) is 0 Å². The predicted molar refractivity (Wildman–Crippen MR) is 113 cm³/mol. The van der Waals surface area contributed by atoms with Crippen LogP contribution in [0.3, 0.4) is 0 Å². The molecule has 170 valence electrons. The first-order valence-corrected chi connectivity index (χ1v) is 9.59. The summed E-state index contributed by atoms with van der Waals surface area (Å²) in [6.45, 7) is 1.49. The molecule has 0 spiro atoms. The van der Waals surface area contributed by atoms with Crippen LogP contribution in [0, 0.1) is 11.6 Å². The third kappa shape index (κ3) is 4.91. The highest BCUT2D eigenvalue weighted by Crippen LogP contribution is 2.33. The van der Waals surface area contributed by atoms with Crippen LogP contribution in [-0.2, 0) is 25.7 Å². The Hall–Kier alpha value is -4.43. The molecule has 0 atom stereocenters. The summed E-state index contributed by atoms with van der Waals surface area (Å²) in [4.78, 5) is 37.8. The topological polar surface area (TPSA) is 108 Å². The second-order valence-electron chi connectivity index (χ2n) is 6.92. The molecule has 0 bridgehead atoms. The number of hydrogen-bond donors (Lipinski definition) is 3. The van der Waals surface area contributed by atoms with Gasteiger partial charge in [-0.25, -0.2) is 18.4 Å². The normalized spacial score (nSPS) is 15.6. The lowest BCUT2D eigenvalue weighted by Gasteiger charge is -2.29. The van der Waals surface area contributed by atoms with E-state index < -0.39 is 34.8 Å². The number of carboxylic acid groups (broad SMARTS) is 1. The van der Waals surface area contributed by atoms with Crippen molar-refractivity contribution in [3.8, 4) is 0 Å². The van der Waals surface area contributed by atoms with Gasteiger partial charge in [0.25, 0.3) is 5.91 Å². The van der Waals surface area contributed by atoms with Crippen molar-refractivity contribution in [1.29, 1.82) is 0 Å². The second kappa shape index (κ2) is 9.80. The number of nitrogens with zero attached hydrogens (tertiary/aromatic N) is 1. The van der Waals surface area contributed by atoms with Gasteiger partial charge in [-0.1, -0.05) is 12.1 Å². The lowest BCUT2D eigenvalue weighted by molar-refractivity contribution is -0.134. The predicted octanol–water partition coefficient (Wildman–Crippen LogP) is 2.39. The van der Waals surface area contributed by atoms with E-state index in [0.717, 1.165) is 25.1 Å². The summed E-state index contributed by atoms with van der Waals surface area (Å²) in [6.07, 6.45) is 7.68. The maximum absolute atomic E-state index is 13.9. The standard InChI is InChI=1S/C23H19F2N3O5/c1-13-4-3-5-16(10-26-13)28-11-17(18(12-29)21(33-2)20(28)23(31)32)22(30)27-9-14-6-7-15(24)8-19(14)25/h3-8,10-11,26H,9H2,1-2H3,(H,27,30)(H,31,32). The number of carbonyl (C=O) groups excluding carboxylic acids is 2. The molecule has 1 aromatic rings. The lowest BCUT2D eigenvalue weighted by Crippen LogP contribution is -2.34. The number of benzene rings is 1. The molecule has 0 unspecified atom stereocenters. The van der Waals surface area contributed by atoms with E-state index in [1.165, 1.54) is 17.2 Å². The van der Waals surface area contributed by atoms with Crippen LogP contribution < -0.4 is 10.6 Å². The molecular weight excluding hydrogens is 436 g/mol. The molecule has 0 radical (unpaired) electrons. The SMILES string of the molecule is COC1=C(C(=O)O)N(C2=CNC(C)=CC=C2)C=C(C(=O)NCc2ccc(F)cc2F)C1=C=O. The van der Waals surface area contributed by atoms with E-state index in [-0.39, 0.29) is 23.4 Å². The summed E-state index contributed by atoms with van der Waals surface area (Å²) in [5, 5.41) is 15.2. The molecule has 0 saturated heterocycles. The summed E-state index contributed by atoms with van der Waals surface area (Å²) in [6, 6.07) is 2.90. The van der Waals surface area contributed by atoms with Crippen molar-refractivity contribution in [1.82, 2.24) is 15.5 Å². The van der Waals surface area contributed by atoms with Gasteiger partial charge in [0, 0.05) is 36.3 Å². The summed E-state index contributed by atoms with van der Waals surface area (Å²) < 4.78 is 32.2. The van der Waals surface area contributed by atoms with Crippen LogP contribution in [0.15, 0.2) is 82.8 Å². The van der Waals surface area contributed by atoms with Crippen molar-refractivity contribution < 1.29 is 33.0 Å². The minimum atomic E-state index is -1.41. The zero-order valence-corrected chi connectivity index (χ0v) is 17.6. The number of carboxylic acids is 1. The van der Waals surface area contributed by atoms with Crippen LogP contribution in [0.2, 0.25) is 0 Å². The molecule has 8 nitrogen and oxygen atoms in total. The summed E-state index contributed by atoms with van der Waals surface area (Å²) in [5.74, 6) is -2.66. The smallest absolute Gasteiger partial charge is 0.356 e. The van der Waals surface area contributed by atoms with Gasteiger partial charge in [-0.05, 0) is 25.1 Å². The highest BCUT2D eigenvalue weighted by Gasteiger charge is 2.35. The maximum atomic E-state index is 13.9. The van der Waals surface area contributed by atoms with Gasteiger partial charge >= 0.3 is 5.97 Å². The van der Waals surface area contributed by atoms with Crippen molar-refractivity contribution in [2.45, 2.75) is 13.5 Å². The largest absolute Gasteiger partial charge is 0.493 e. The van der Waals surface area contributed by atoms with Crippen molar-refractivity contribution in [2.24, 2.45) is 0 Å². The number of hydrogen-bond acceptors (Lipinski definition) is 6. The third-order valence-corrected chi connectivity index (χ3v) is 4.76. The molecule has 33 heavy (non-hydrogen) atoms. The van der Waals surface area contributed by atoms with Gasteiger partial charge < -0.3 is 25.4 Å². The van der Waals surface area contributed by atoms with Crippen LogP contribution in [0.5, 0.6) is 0 Å². The zero-order chi connectivity index (χ0) is 24.1. The van der Waals surface area contributed by atoms with Crippen LogP contribution in [0.4, 0.5) is 8.78 Å². The van der Waals surface area contributed by atoms with Crippen molar-refractivity contribution >= 4 is 17.8 Å². The van der Waals surface area contributed by atoms with E-state index in [2.05, 4.69) is 10.6 Å². The van der Waals surface area contributed by atoms with E-state index in [9.17, 15) is 28.3 Å². The van der Waals surface area contributed by atoms with E-state index >= 15 is 0 Å². The average molecular weight is 455 g/mol. The molecule has 2 heterocycles. The molecule has 0 aromatic heterocycles. The Morgan fingerprint density at radius 2 is 2.06 bits per heavy atom. The molecule has 3 rings (SSSR count). The fourth-order valence-corrected chi connectivity index (χ4v) is 3.14. The van der Waals surface area contributed by atoms with Gasteiger partial charge in [0.05, 0.1) is 18.4 Å². The fourth-order valence-electron chi connectivity index (χ4n) is 3.14. The number of allylic oxidation sites excluding steroid dienone is 5. The molecule has 0 aliphatic carbocycles. The second-order valence-corrected chi connectivity index (χ2v) is 6.92. The summed E-state index contributed by atoms with van der Waals surface area (Å²) >= 11 is 0. The number of ether oxygens (including phenoxy) is 1. The quantitative estimate of drug-likeness (QED) is 0.566. The molecule has 0 saturated carbocycles. The fraction of sp³-hybridized carbons (Fsp3) is 0.130. The molecule has 10 heteroatoms. The van der Waals surface area contributed by atoms with Crippen LogP contribution in [-0.4, -0.2) is 34.9 Å². The van der Waals surface area contributed by atoms with E-state index in [1.807, 2.05) is 0 Å². The number of rotatable bonds is 6. The minimum Gasteiger partial charge on any atom is -0.493 e. The van der Waals surface area contributed by atoms with E-state index in [4.69, 9.17) is 4.74 Å². The molecule has 2 aliphatic rings. The zero-order valence-electron chi connectivity index (χ0n) is 17.6. The molecule has 1 amide bonds. The first-order valence-electron chi connectivity index (χ1n) is 9.59. The Bertz CT molecular complexity index is 1220. The van der Waals surface area contributed by atoms with Crippen molar-refractivity contribution in [3.05, 3.63) is 100 Å². The first-order chi connectivity index (χ1) is 15.8. The van der Waals surface area contributed by atoms with Crippen LogP contribution >= 0.6 is 0 Å². The van der Waals surface area contributed by atoms with Crippen molar-refractivity contribution in [2.75, 3.05) is 7.11 Å². The number of nitrogens with one attached hydrogen (secondary N) is 2. The average Bonchev–Trinajstić information content (AvgIpc) is 3.00. The highest BCUT2D eigenvalue weighted by molar-refractivity contribution is 6.04. The van der Waals surface area contributed by atoms with Crippen molar-refractivity contribution in [3.63, 3.8) is 0 Å². The molecule has 3 N–H and O–H groups in total. The molecule has 1 aromatic carbocycles.